The molecule has 2 amide bonds. The van der Waals surface area contributed by atoms with E-state index in [4.69, 9.17) is 0 Å². The van der Waals surface area contributed by atoms with Gasteiger partial charge in [0.05, 0.1) is 33.3 Å². The summed E-state index contributed by atoms with van der Waals surface area (Å²) in [7, 11) is 0. The first-order chi connectivity index (χ1) is 16.8. The molecule has 9 heteroatoms. The zero-order valence-corrected chi connectivity index (χ0v) is 18.2. The molecule has 0 fully saturated rings. The van der Waals surface area contributed by atoms with E-state index in [1.165, 1.54) is 16.7 Å². The maximum absolute atomic E-state index is 13.3. The predicted molar refractivity (Wildman–Crippen MR) is 122 cm³/mol. The van der Waals surface area contributed by atoms with Gasteiger partial charge in [-0.1, -0.05) is 30.3 Å². The van der Waals surface area contributed by atoms with Crippen LogP contribution in [0.25, 0.3) is 16.6 Å². The molecule has 0 N–H and O–H groups in total. The third-order valence-electron chi connectivity index (χ3n) is 5.94. The van der Waals surface area contributed by atoms with Gasteiger partial charge in [-0.3, -0.25) is 23.9 Å². The van der Waals surface area contributed by atoms with Crippen LogP contribution in [0.15, 0.2) is 77.6 Å². The van der Waals surface area contributed by atoms with Crippen molar-refractivity contribution in [3.05, 3.63) is 106 Å². The Morgan fingerprint density at radius 1 is 0.800 bits per heavy atom. The minimum Gasteiger partial charge on any atom is -0.274 e. The Labute approximate surface area is 197 Å². The van der Waals surface area contributed by atoms with Gasteiger partial charge in [-0.15, -0.1) is 0 Å². The summed E-state index contributed by atoms with van der Waals surface area (Å²) in [6, 6.07) is 17.6. The summed E-state index contributed by atoms with van der Waals surface area (Å²) >= 11 is 0. The van der Waals surface area contributed by atoms with Crippen LogP contribution in [0.2, 0.25) is 0 Å². The average molecular weight is 477 g/mol. The Morgan fingerprint density at radius 2 is 1.46 bits per heavy atom. The van der Waals surface area contributed by atoms with Crippen molar-refractivity contribution in [2.45, 2.75) is 19.0 Å². The van der Waals surface area contributed by atoms with E-state index in [0.29, 0.717) is 16.6 Å². The fourth-order valence-electron chi connectivity index (χ4n) is 4.27. The zero-order chi connectivity index (χ0) is 24.7. The minimum atomic E-state index is -4.57. The largest absolute Gasteiger partial charge is 0.416 e. The number of aryl methyl sites for hydroxylation is 1. The molecular weight excluding hydrogens is 459 g/mol. The van der Waals surface area contributed by atoms with Crippen molar-refractivity contribution >= 4 is 22.7 Å². The highest BCUT2D eigenvalue weighted by Gasteiger charge is 2.34. The maximum atomic E-state index is 13.3. The van der Waals surface area contributed by atoms with Crippen molar-refractivity contribution in [3.63, 3.8) is 0 Å². The van der Waals surface area contributed by atoms with Crippen LogP contribution in [0.5, 0.6) is 0 Å². The molecule has 0 radical (unpaired) electrons. The SMILES string of the molecule is O=C1c2ccccc2C(=O)N1CCCc1nc2ccccc2c(=O)n1-c1cccc(C(F)(F)F)c1. The summed E-state index contributed by atoms with van der Waals surface area (Å²) in [5.74, 6) is -0.552. The fourth-order valence-corrected chi connectivity index (χ4v) is 4.27. The van der Waals surface area contributed by atoms with Gasteiger partial charge in [0, 0.05) is 13.0 Å². The number of carbonyl (C=O) groups is 2. The summed E-state index contributed by atoms with van der Waals surface area (Å²) in [5, 5.41) is 0.272. The molecule has 0 saturated heterocycles. The van der Waals surface area contributed by atoms with Crippen LogP contribution in [-0.4, -0.2) is 32.8 Å². The number of aromatic nitrogens is 2. The Balaban J connectivity index is 1.49. The van der Waals surface area contributed by atoms with Crippen molar-refractivity contribution in [1.29, 1.82) is 0 Å². The van der Waals surface area contributed by atoms with E-state index in [0.717, 1.165) is 17.0 Å². The molecule has 0 spiro atoms. The number of rotatable bonds is 5. The number of halogens is 3. The second-order valence-electron chi connectivity index (χ2n) is 8.14. The molecule has 0 aliphatic carbocycles. The van der Waals surface area contributed by atoms with Crippen molar-refractivity contribution in [1.82, 2.24) is 14.5 Å². The molecule has 2 heterocycles. The van der Waals surface area contributed by atoms with Crippen molar-refractivity contribution in [2.75, 3.05) is 6.54 Å². The van der Waals surface area contributed by atoms with E-state index < -0.39 is 29.1 Å². The second-order valence-corrected chi connectivity index (χ2v) is 8.14. The van der Waals surface area contributed by atoms with Crippen molar-refractivity contribution < 1.29 is 22.8 Å². The number of amides is 2. The number of imide groups is 1. The number of carbonyl (C=O) groups excluding carboxylic acids is 2. The van der Waals surface area contributed by atoms with Crippen LogP contribution >= 0.6 is 0 Å². The van der Waals surface area contributed by atoms with Gasteiger partial charge >= 0.3 is 6.18 Å². The van der Waals surface area contributed by atoms with Gasteiger partial charge in [-0.25, -0.2) is 4.98 Å². The van der Waals surface area contributed by atoms with E-state index in [-0.39, 0.29) is 36.3 Å². The van der Waals surface area contributed by atoms with Gasteiger partial charge in [0.1, 0.15) is 5.82 Å². The Morgan fingerprint density at radius 3 is 2.14 bits per heavy atom. The molecule has 1 aromatic heterocycles. The van der Waals surface area contributed by atoms with E-state index in [9.17, 15) is 27.6 Å². The highest BCUT2D eigenvalue weighted by molar-refractivity contribution is 6.21. The van der Waals surface area contributed by atoms with Crippen LogP contribution in [0, 0.1) is 0 Å². The molecule has 3 aromatic carbocycles. The van der Waals surface area contributed by atoms with E-state index in [2.05, 4.69) is 4.98 Å². The molecule has 4 aromatic rings. The first-order valence-corrected chi connectivity index (χ1v) is 10.9. The van der Waals surface area contributed by atoms with Crippen LogP contribution in [0.4, 0.5) is 13.2 Å². The van der Waals surface area contributed by atoms with Gasteiger partial charge in [0.25, 0.3) is 17.4 Å². The molecule has 0 unspecified atom stereocenters. The molecule has 1 aliphatic heterocycles. The Kier molecular flexibility index (Phi) is 5.47. The first-order valence-electron chi connectivity index (χ1n) is 10.9. The average Bonchev–Trinajstić information content (AvgIpc) is 3.09. The third-order valence-corrected chi connectivity index (χ3v) is 5.94. The lowest BCUT2D eigenvalue weighted by molar-refractivity contribution is -0.137. The number of hydrogen-bond acceptors (Lipinski definition) is 4. The third kappa shape index (κ3) is 3.99. The molecular formula is C26H18F3N3O3. The summed E-state index contributed by atoms with van der Waals surface area (Å²) in [5.41, 5.74) is -0.252. The topological polar surface area (TPSA) is 72.3 Å². The number of hydrogen-bond donors (Lipinski definition) is 0. The van der Waals surface area contributed by atoms with E-state index in [1.54, 1.807) is 48.5 Å². The second kappa shape index (κ2) is 8.50. The molecule has 0 atom stereocenters. The van der Waals surface area contributed by atoms with Gasteiger partial charge in [0.15, 0.2) is 0 Å². The lowest BCUT2D eigenvalue weighted by atomic mass is 10.1. The summed E-state index contributed by atoms with van der Waals surface area (Å²) in [6.45, 7) is 0.0810. The molecule has 176 valence electrons. The molecule has 0 bridgehead atoms. The van der Waals surface area contributed by atoms with Crippen molar-refractivity contribution in [2.24, 2.45) is 0 Å². The number of fused-ring (bicyclic) bond motifs is 2. The maximum Gasteiger partial charge on any atom is 0.416 e. The Bertz CT molecular complexity index is 1510. The highest BCUT2D eigenvalue weighted by Crippen LogP contribution is 2.30. The summed E-state index contributed by atoms with van der Waals surface area (Å²) < 4.78 is 41.1. The van der Waals surface area contributed by atoms with Gasteiger partial charge in [-0.2, -0.15) is 13.2 Å². The zero-order valence-electron chi connectivity index (χ0n) is 18.2. The quantitative estimate of drug-likeness (QED) is 0.393. The molecule has 6 nitrogen and oxygen atoms in total. The molecule has 5 rings (SSSR count). The lowest BCUT2D eigenvalue weighted by Gasteiger charge is -2.17. The van der Waals surface area contributed by atoms with E-state index >= 15 is 0 Å². The molecule has 0 saturated carbocycles. The van der Waals surface area contributed by atoms with Crippen LogP contribution in [-0.2, 0) is 12.6 Å². The lowest BCUT2D eigenvalue weighted by Crippen LogP contribution is -2.31. The molecule has 35 heavy (non-hydrogen) atoms. The van der Waals surface area contributed by atoms with Crippen LogP contribution < -0.4 is 5.56 Å². The van der Waals surface area contributed by atoms with Crippen molar-refractivity contribution in [3.8, 4) is 5.69 Å². The monoisotopic (exact) mass is 477 g/mol. The first kappa shape index (κ1) is 22.5. The summed E-state index contributed by atoms with van der Waals surface area (Å²) in [6.07, 6.45) is -4.14. The van der Waals surface area contributed by atoms with Crippen LogP contribution in [0.3, 0.4) is 0 Å². The normalized spacial score (nSPS) is 13.5. The van der Waals surface area contributed by atoms with Gasteiger partial charge in [-0.05, 0) is 48.9 Å². The Hall–Kier alpha value is -4.27. The fraction of sp³-hybridized carbons (Fsp3) is 0.154. The van der Waals surface area contributed by atoms with Crippen LogP contribution in [0.1, 0.15) is 38.5 Å². The number of benzene rings is 3. The number of para-hydroxylation sites is 1. The van der Waals surface area contributed by atoms with Gasteiger partial charge < -0.3 is 0 Å². The summed E-state index contributed by atoms with van der Waals surface area (Å²) in [4.78, 5) is 44.2. The standard InChI is InChI=1S/C26H18F3N3O3/c27-26(28,29)16-7-5-8-17(15-16)32-22(30-21-12-4-3-11-20(21)25(32)35)13-6-14-31-23(33)18-9-1-2-10-19(18)24(31)34/h1-5,7-12,15H,6,13-14H2. The number of alkyl halides is 3. The van der Waals surface area contributed by atoms with Gasteiger partial charge in [0.2, 0.25) is 0 Å². The number of nitrogens with zero attached hydrogens (tertiary/aromatic N) is 3. The predicted octanol–water partition coefficient (Wildman–Crippen LogP) is 4.63. The smallest absolute Gasteiger partial charge is 0.274 e. The highest BCUT2D eigenvalue weighted by atomic mass is 19.4. The minimum absolute atomic E-state index is 0.0406. The molecule has 1 aliphatic rings. The van der Waals surface area contributed by atoms with E-state index in [1.807, 2.05) is 0 Å².